The fourth-order valence-electron chi connectivity index (χ4n) is 2.36. The lowest BCUT2D eigenvalue weighted by atomic mass is 9.90. The second-order valence-electron chi connectivity index (χ2n) is 4.80. The van der Waals surface area contributed by atoms with E-state index in [9.17, 15) is 9.90 Å². The molecule has 0 aliphatic rings. The predicted octanol–water partition coefficient (Wildman–Crippen LogP) is 3.23. The van der Waals surface area contributed by atoms with Gasteiger partial charge in [-0.25, -0.2) is 0 Å². The average molecular weight is 286 g/mol. The normalized spacial score (nSPS) is 11.8. The summed E-state index contributed by atoms with van der Waals surface area (Å²) in [6.45, 7) is 1.94. The number of aryl methyl sites for hydroxylation is 1. The van der Waals surface area contributed by atoms with Crippen molar-refractivity contribution >= 4 is 5.97 Å². The van der Waals surface area contributed by atoms with E-state index in [0.29, 0.717) is 17.1 Å². The van der Waals surface area contributed by atoms with Gasteiger partial charge < -0.3 is 14.6 Å². The minimum atomic E-state index is -0.896. The van der Waals surface area contributed by atoms with Crippen LogP contribution in [0, 0.1) is 6.92 Å². The van der Waals surface area contributed by atoms with Crippen LogP contribution in [0.1, 0.15) is 22.6 Å². The molecule has 0 spiro atoms. The first-order valence-electron chi connectivity index (χ1n) is 6.58. The number of aliphatic carboxylic acids is 1. The van der Waals surface area contributed by atoms with Crippen LogP contribution in [0.4, 0.5) is 0 Å². The van der Waals surface area contributed by atoms with Gasteiger partial charge in [-0.3, -0.25) is 4.79 Å². The molecule has 0 fully saturated rings. The molecule has 110 valence electrons. The molecule has 0 radical (unpaired) electrons. The summed E-state index contributed by atoms with van der Waals surface area (Å²) in [5, 5.41) is 9.59. The van der Waals surface area contributed by atoms with E-state index in [0.717, 1.165) is 11.1 Å². The zero-order valence-electron chi connectivity index (χ0n) is 12.3. The molecular weight excluding hydrogens is 268 g/mol. The summed E-state index contributed by atoms with van der Waals surface area (Å²) in [6.07, 6.45) is 0. The fourth-order valence-corrected chi connectivity index (χ4v) is 2.36. The number of rotatable bonds is 5. The molecule has 21 heavy (non-hydrogen) atoms. The Labute approximate surface area is 123 Å². The van der Waals surface area contributed by atoms with Crippen LogP contribution in [0.15, 0.2) is 42.5 Å². The van der Waals surface area contributed by atoms with Crippen molar-refractivity contribution in [3.8, 4) is 11.5 Å². The van der Waals surface area contributed by atoms with Crippen LogP contribution in [-0.2, 0) is 4.79 Å². The second kappa shape index (κ2) is 6.31. The predicted molar refractivity (Wildman–Crippen MR) is 80.2 cm³/mol. The number of hydrogen-bond acceptors (Lipinski definition) is 3. The molecule has 4 heteroatoms. The fraction of sp³-hybridized carbons (Fsp3) is 0.235. The zero-order valence-corrected chi connectivity index (χ0v) is 12.3. The Hall–Kier alpha value is -2.49. The van der Waals surface area contributed by atoms with Crippen LogP contribution < -0.4 is 9.47 Å². The number of methoxy groups -OCH3 is 2. The second-order valence-corrected chi connectivity index (χ2v) is 4.80. The summed E-state index contributed by atoms with van der Waals surface area (Å²) < 4.78 is 10.4. The summed E-state index contributed by atoms with van der Waals surface area (Å²) in [7, 11) is 3.08. The van der Waals surface area contributed by atoms with Crippen LogP contribution in [0.25, 0.3) is 0 Å². The van der Waals surface area contributed by atoms with Crippen molar-refractivity contribution in [3.05, 3.63) is 59.2 Å². The molecule has 0 bridgehead atoms. The van der Waals surface area contributed by atoms with Gasteiger partial charge in [-0.05, 0) is 30.2 Å². The first-order chi connectivity index (χ1) is 10.1. The standard InChI is InChI=1S/C17H18O4/c1-11-5-4-6-12(9-11)16(17(18)19)13-7-8-14(20-2)15(10-13)21-3/h4-10,16H,1-3H3,(H,18,19). The van der Waals surface area contributed by atoms with E-state index in [2.05, 4.69) is 0 Å². The van der Waals surface area contributed by atoms with Crippen molar-refractivity contribution in [2.75, 3.05) is 14.2 Å². The monoisotopic (exact) mass is 286 g/mol. The average Bonchev–Trinajstić information content (AvgIpc) is 2.47. The summed E-state index contributed by atoms with van der Waals surface area (Å²) in [6, 6.07) is 12.7. The van der Waals surface area contributed by atoms with Gasteiger partial charge in [0.25, 0.3) is 0 Å². The topological polar surface area (TPSA) is 55.8 Å². The van der Waals surface area contributed by atoms with Gasteiger partial charge >= 0.3 is 5.97 Å². The van der Waals surface area contributed by atoms with Crippen molar-refractivity contribution in [3.63, 3.8) is 0 Å². The molecule has 2 rings (SSSR count). The molecule has 0 aromatic heterocycles. The lowest BCUT2D eigenvalue weighted by Gasteiger charge is -2.16. The Morgan fingerprint density at radius 1 is 1.00 bits per heavy atom. The van der Waals surface area contributed by atoms with Crippen molar-refractivity contribution in [2.45, 2.75) is 12.8 Å². The molecule has 2 aromatic rings. The van der Waals surface area contributed by atoms with Gasteiger partial charge in [-0.2, -0.15) is 0 Å². The van der Waals surface area contributed by atoms with Gasteiger partial charge in [0.1, 0.15) is 5.92 Å². The number of benzene rings is 2. The van der Waals surface area contributed by atoms with Gasteiger partial charge in [0.05, 0.1) is 14.2 Å². The number of ether oxygens (including phenoxy) is 2. The van der Waals surface area contributed by atoms with Crippen LogP contribution >= 0.6 is 0 Å². The molecule has 1 unspecified atom stereocenters. The van der Waals surface area contributed by atoms with Crippen molar-refractivity contribution in [1.82, 2.24) is 0 Å². The maximum absolute atomic E-state index is 11.7. The van der Waals surface area contributed by atoms with Crippen molar-refractivity contribution in [2.24, 2.45) is 0 Å². The van der Waals surface area contributed by atoms with Crippen LogP contribution in [0.2, 0.25) is 0 Å². The lowest BCUT2D eigenvalue weighted by Crippen LogP contribution is -2.13. The third-order valence-corrected chi connectivity index (χ3v) is 3.36. The molecule has 0 amide bonds. The van der Waals surface area contributed by atoms with Gasteiger partial charge in [-0.1, -0.05) is 35.9 Å². The summed E-state index contributed by atoms with van der Waals surface area (Å²) in [4.78, 5) is 11.7. The Kier molecular flexibility index (Phi) is 4.48. The highest BCUT2D eigenvalue weighted by atomic mass is 16.5. The Morgan fingerprint density at radius 3 is 2.24 bits per heavy atom. The van der Waals surface area contributed by atoms with E-state index in [1.54, 1.807) is 25.3 Å². The summed E-state index contributed by atoms with van der Waals surface area (Å²) in [5.74, 6) is -0.527. The van der Waals surface area contributed by atoms with Crippen molar-refractivity contribution < 1.29 is 19.4 Å². The van der Waals surface area contributed by atoms with Gasteiger partial charge in [-0.15, -0.1) is 0 Å². The molecule has 2 aromatic carbocycles. The van der Waals surface area contributed by atoms with Crippen LogP contribution in [0.5, 0.6) is 11.5 Å². The van der Waals surface area contributed by atoms with Crippen LogP contribution in [-0.4, -0.2) is 25.3 Å². The molecule has 0 saturated heterocycles. The molecule has 1 atom stereocenters. The first-order valence-corrected chi connectivity index (χ1v) is 6.58. The molecule has 0 heterocycles. The molecular formula is C17H18O4. The number of carboxylic acids is 1. The molecule has 4 nitrogen and oxygen atoms in total. The largest absolute Gasteiger partial charge is 0.493 e. The third kappa shape index (κ3) is 3.16. The maximum Gasteiger partial charge on any atom is 0.315 e. The van der Waals surface area contributed by atoms with Crippen molar-refractivity contribution in [1.29, 1.82) is 0 Å². The smallest absolute Gasteiger partial charge is 0.315 e. The van der Waals surface area contributed by atoms with Gasteiger partial charge in [0.15, 0.2) is 11.5 Å². The molecule has 1 N–H and O–H groups in total. The highest BCUT2D eigenvalue weighted by molar-refractivity contribution is 5.80. The van der Waals surface area contributed by atoms with E-state index < -0.39 is 11.9 Å². The van der Waals surface area contributed by atoms with E-state index in [4.69, 9.17) is 9.47 Å². The number of hydrogen-bond donors (Lipinski definition) is 1. The minimum absolute atomic E-state index is 0.522. The van der Waals surface area contributed by atoms with E-state index in [-0.39, 0.29) is 0 Å². The number of carboxylic acid groups (broad SMARTS) is 1. The molecule has 0 aliphatic carbocycles. The highest BCUT2D eigenvalue weighted by Gasteiger charge is 2.23. The van der Waals surface area contributed by atoms with Gasteiger partial charge in [0.2, 0.25) is 0 Å². The maximum atomic E-state index is 11.7. The SMILES string of the molecule is COc1ccc(C(C(=O)O)c2cccc(C)c2)cc1OC. The third-order valence-electron chi connectivity index (χ3n) is 3.36. The number of carbonyl (C=O) groups is 1. The summed E-state index contributed by atoms with van der Waals surface area (Å²) in [5.41, 5.74) is 2.43. The zero-order chi connectivity index (χ0) is 15.4. The molecule has 0 saturated carbocycles. The van der Waals surface area contributed by atoms with E-state index in [1.165, 1.54) is 7.11 Å². The Balaban J connectivity index is 2.51. The van der Waals surface area contributed by atoms with Crippen LogP contribution in [0.3, 0.4) is 0 Å². The summed E-state index contributed by atoms with van der Waals surface area (Å²) >= 11 is 0. The highest BCUT2D eigenvalue weighted by Crippen LogP contribution is 2.33. The van der Waals surface area contributed by atoms with Gasteiger partial charge in [0, 0.05) is 0 Å². The van der Waals surface area contributed by atoms with E-state index >= 15 is 0 Å². The Bertz CT molecular complexity index is 649. The lowest BCUT2D eigenvalue weighted by molar-refractivity contribution is -0.137. The molecule has 0 aliphatic heterocycles. The quantitative estimate of drug-likeness (QED) is 0.917. The van der Waals surface area contributed by atoms with E-state index in [1.807, 2.05) is 31.2 Å². The minimum Gasteiger partial charge on any atom is -0.493 e. The first kappa shape index (κ1) is 14.9. The Morgan fingerprint density at radius 2 is 1.67 bits per heavy atom.